The van der Waals surface area contributed by atoms with E-state index >= 15 is 0 Å². The quantitative estimate of drug-likeness (QED) is 0.929. The highest BCUT2D eigenvalue weighted by molar-refractivity contribution is 7.91. The van der Waals surface area contributed by atoms with Crippen LogP contribution >= 0.6 is 22.9 Å². The Kier molecular flexibility index (Phi) is 4.55. The predicted octanol–water partition coefficient (Wildman–Crippen LogP) is 3.21. The van der Waals surface area contributed by atoms with Crippen molar-refractivity contribution in [3.8, 4) is 0 Å². The summed E-state index contributed by atoms with van der Waals surface area (Å²) in [6, 6.07) is 0.00836. The fourth-order valence-corrected chi connectivity index (χ4v) is 5.72. The molecule has 1 aromatic rings. The van der Waals surface area contributed by atoms with Crippen molar-refractivity contribution in [1.29, 1.82) is 0 Å². The van der Waals surface area contributed by atoms with E-state index in [2.05, 4.69) is 23.6 Å². The number of aromatic nitrogens is 1. The molecule has 1 saturated carbocycles. The molecule has 0 aliphatic heterocycles. The van der Waals surface area contributed by atoms with Gasteiger partial charge < -0.3 is 0 Å². The first-order valence-corrected chi connectivity index (χ1v) is 9.14. The minimum Gasteiger partial charge on any atom is -0.229 e. The SMILES string of the molecule is Cc1nc(Cl)sc1S(=O)(=O)NC1CCCC(C)C1C. The van der Waals surface area contributed by atoms with Crippen LogP contribution in [0.5, 0.6) is 0 Å². The van der Waals surface area contributed by atoms with Crippen LogP contribution in [0.1, 0.15) is 38.8 Å². The van der Waals surface area contributed by atoms with Crippen molar-refractivity contribution in [1.82, 2.24) is 9.71 Å². The second-order valence-electron chi connectivity index (χ2n) is 5.33. The van der Waals surface area contributed by atoms with E-state index in [0.717, 1.165) is 24.2 Å². The first kappa shape index (κ1) is 15.2. The Morgan fingerprint density at radius 2 is 2.05 bits per heavy atom. The van der Waals surface area contributed by atoms with E-state index in [1.807, 2.05) is 0 Å². The van der Waals surface area contributed by atoms with Crippen LogP contribution in [-0.4, -0.2) is 19.4 Å². The van der Waals surface area contributed by atoms with Crippen molar-refractivity contribution in [3.05, 3.63) is 10.2 Å². The van der Waals surface area contributed by atoms with Crippen LogP contribution in [0, 0.1) is 18.8 Å². The van der Waals surface area contributed by atoms with E-state index < -0.39 is 10.0 Å². The molecule has 0 bridgehead atoms. The van der Waals surface area contributed by atoms with Crippen LogP contribution in [0.4, 0.5) is 0 Å². The Morgan fingerprint density at radius 3 is 2.63 bits per heavy atom. The van der Waals surface area contributed by atoms with Crippen LogP contribution in [0.15, 0.2) is 4.21 Å². The molecule has 19 heavy (non-hydrogen) atoms. The summed E-state index contributed by atoms with van der Waals surface area (Å²) in [6.45, 7) is 5.97. The lowest BCUT2D eigenvalue weighted by molar-refractivity contribution is 0.227. The molecule has 7 heteroatoms. The van der Waals surface area contributed by atoms with Gasteiger partial charge in [0.25, 0.3) is 10.0 Å². The van der Waals surface area contributed by atoms with Crippen molar-refractivity contribution >= 4 is 33.0 Å². The Bertz CT molecular complexity index is 556. The van der Waals surface area contributed by atoms with E-state index in [1.54, 1.807) is 6.92 Å². The third kappa shape index (κ3) is 3.29. The van der Waals surface area contributed by atoms with Gasteiger partial charge in [0.15, 0.2) is 8.68 Å². The average molecular weight is 323 g/mol. The first-order chi connectivity index (χ1) is 8.81. The Labute approximate surface area is 123 Å². The molecule has 2 rings (SSSR count). The summed E-state index contributed by atoms with van der Waals surface area (Å²) in [5.74, 6) is 0.903. The van der Waals surface area contributed by atoms with Crippen LogP contribution in [0.3, 0.4) is 0 Å². The van der Waals surface area contributed by atoms with E-state index in [-0.39, 0.29) is 14.7 Å². The third-order valence-electron chi connectivity index (χ3n) is 3.99. The second kappa shape index (κ2) is 5.68. The zero-order valence-corrected chi connectivity index (χ0v) is 13.7. The predicted molar refractivity (Wildman–Crippen MR) is 78.1 cm³/mol. The van der Waals surface area contributed by atoms with Gasteiger partial charge in [-0.05, 0) is 25.2 Å². The third-order valence-corrected chi connectivity index (χ3v) is 7.35. The number of hydrogen-bond donors (Lipinski definition) is 1. The lowest BCUT2D eigenvalue weighted by atomic mass is 9.78. The highest BCUT2D eigenvalue weighted by atomic mass is 35.5. The molecule has 1 aromatic heterocycles. The molecule has 0 spiro atoms. The zero-order chi connectivity index (χ0) is 14.2. The van der Waals surface area contributed by atoms with Crippen LogP contribution < -0.4 is 4.72 Å². The molecule has 0 amide bonds. The van der Waals surface area contributed by atoms with E-state index in [0.29, 0.717) is 17.5 Å². The molecule has 1 aliphatic carbocycles. The lowest BCUT2D eigenvalue weighted by Crippen LogP contribution is -2.43. The van der Waals surface area contributed by atoms with Crippen LogP contribution in [0.25, 0.3) is 0 Å². The van der Waals surface area contributed by atoms with Gasteiger partial charge in [-0.2, -0.15) is 0 Å². The maximum Gasteiger partial charge on any atom is 0.252 e. The largest absolute Gasteiger partial charge is 0.252 e. The highest BCUT2D eigenvalue weighted by Gasteiger charge is 2.32. The molecule has 108 valence electrons. The molecular formula is C12H19ClN2O2S2. The number of rotatable bonds is 3. The molecule has 4 nitrogen and oxygen atoms in total. The molecule has 3 unspecified atom stereocenters. The maximum atomic E-state index is 12.4. The van der Waals surface area contributed by atoms with Crippen LogP contribution in [0.2, 0.25) is 4.47 Å². The van der Waals surface area contributed by atoms with Crippen molar-refractivity contribution in [2.45, 2.75) is 50.3 Å². The van der Waals surface area contributed by atoms with Gasteiger partial charge >= 0.3 is 0 Å². The number of sulfonamides is 1. The topological polar surface area (TPSA) is 59.1 Å². The smallest absolute Gasteiger partial charge is 0.229 e. The number of thiazole rings is 1. The molecule has 0 radical (unpaired) electrons. The Hall–Kier alpha value is -0.170. The number of aryl methyl sites for hydroxylation is 1. The van der Waals surface area contributed by atoms with Gasteiger partial charge in [0, 0.05) is 6.04 Å². The number of nitrogens with one attached hydrogen (secondary N) is 1. The summed E-state index contributed by atoms with van der Waals surface area (Å²) < 4.78 is 28.1. The van der Waals surface area contributed by atoms with Gasteiger partial charge in [-0.1, -0.05) is 49.6 Å². The normalized spacial score (nSPS) is 28.5. The molecule has 1 N–H and O–H groups in total. The molecule has 0 aromatic carbocycles. The number of nitrogens with zero attached hydrogens (tertiary/aromatic N) is 1. The van der Waals surface area contributed by atoms with E-state index in [9.17, 15) is 8.42 Å². The zero-order valence-electron chi connectivity index (χ0n) is 11.3. The molecule has 1 heterocycles. The molecule has 1 fully saturated rings. The van der Waals surface area contributed by atoms with E-state index in [4.69, 9.17) is 11.6 Å². The fraction of sp³-hybridized carbons (Fsp3) is 0.750. The highest BCUT2D eigenvalue weighted by Crippen LogP contribution is 2.32. The Balaban J connectivity index is 2.20. The maximum absolute atomic E-state index is 12.4. The monoisotopic (exact) mass is 322 g/mol. The van der Waals surface area contributed by atoms with Gasteiger partial charge in [-0.25, -0.2) is 18.1 Å². The molecule has 3 atom stereocenters. The molecule has 0 saturated heterocycles. The number of hydrogen-bond acceptors (Lipinski definition) is 4. The molecule has 1 aliphatic rings. The second-order valence-corrected chi connectivity index (χ2v) is 8.83. The standard InChI is InChI=1S/C12H19ClN2O2S2/c1-7-5-4-6-10(8(7)2)15-19(16,17)11-9(3)14-12(13)18-11/h7-8,10,15H,4-6H2,1-3H3. The first-order valence-electron chi connectivity index (χ1n) is 6.46. The summed E-state index contributed by atoms with van der Waals surface area (Å²) in [5.41, 5.74) is 0.471. The summed E-state index contributed by atoms with van der Waals surface area (Å²) in [4.78, 5) is 3.97. The van der Waals surface area contributed by atoms with Gasteiger partial charge in [-0.3, -0.25) is 0 Å². The van der Waals surface area contributed by atoms with Gasteiger partial charge in [0.05, 0.1) is 5.69 Å². The molecular weight excluding hydrogens is 304 g/mol. The van der Waals surface area contributed by atoms with Gasteiger partial charge in [-0.15, -0.1) is 0 Å². The summed E-state index contributed by atoms with van der Waals surface area (Å²) in [5, 5.41) is 0. The van der Waals surface area contributed by atoms with Gasteiger partial charge in [0.2, 0.25) is 0 Å². The van der Waals surface area contributed by atoms with Crippen molar-refractivity contribution < 1.29 is 8.42 Å². The Morgan fingerprint density at radius 1 is 1.37 bits per heavy atom. The average Bonchev–Trinajstić information content (AvgIpc) is 2.65. The minimum absolute atomic E-state index is 0.00836. The van der Waals surface area contributed by atoms with Crippen molar-refractivity contribution in [2.24, 2.45) is 11.8 Å². The van der Waals surface area contributed by atoms with E-state index in [1.165, 1.54) is 6.42 Å². The van der Waals surface area contributed by atoms with Gasteiger partial charge in [0.1, 0.15) is 0 Å². The summed E-state index contributed by atoms with van der Waals surface area (Å²) in [7, 11) is -3.50. The van der Waals surface area contributed by atoms with Crippen molar-refractivity contribution in [2.75, 3.05) is 0 Å². The lowest BCUT2D eigenvalue weighted by Gasteiger charge is -2.34. The van der Waals surface area contributed by atoms with Crippen LogP contribution in [-0.2, 0) is 10.0 Å². The fourth-order valence-electron chi connectivity index (χ4n) is 2.60. The number of halogens is 1. The minimum atomic E-state index is -3.50. The summed E-state index contributed by atoms with van der Waals surface area (Å²) in [6.07, 6.45) is 3.14. The van der Waals surface area contributed by atoms with Crippen molar-refractivity contribution in [3.63, 3.8) is 0 Å². The summed E-state index contributed by atoms with van der Waals surface area (Å²) >= 11 is 6.80.